The van der Waals surface area contributed by atoms with E-state index in [1.54, 1.807) is 55.6 Å². The van der Waals surface area contributed by atoms with Crippen LogP contribution in [0.1, 0.15) is 24.9 Å². The summed E-state index contributed by atoms with van der Waals surface area (Å²) >= 11 is 0. The van der Waals surface area contributed by atoms with Gasteiger partial charge in [-0.25, -0.2) is 8.42 Å². The predicted octanol–water partition coefficient (Wildman–Crippen LogP) is 2.32. The van der Waals surface area contributed by atoms with Crippen molar-refractivity contribution < 1.29 is 27.5 Å². The topological polar surface area (TPSA) is 111 Å². The number of anilines is 1. The molecule has 0 radical (unpaired) electrons. The van der Waals surface area contributed by atoms with Gasteiger partial charge < -0.3 is 20.1 Å². The van der Waals surface area contributed by atoms with E-state index in [0.29, 0.717) is 17.2 Å². The first-order valence-corrected chi connectivity index (χ1v) is 11.3. The quantitative estimate of drug-likeness (QED) is 0.594. The highest BCUT2D eigenvalue weighted by atomic mass is 32.2. The molecule has 30 heavy (non-hydrogen) atoms. The van der Waals surface area contributed by atoms with Crippen LogP contribution in [0.3, 0.4) is 0 Å². The molecule has 0 bridgehead atoms. The molecule has 162 valence electrons. The lowest BCUT2D eigenvalue weighted by Gasteiger charge is -2.18. The molecule has 1 atom stereocenters. The van der Waals surface area contributed by atoms with Crippen molar-refractivity contribution in [2.45, 2.75) is 19.4 Å². The first-order valence-electron chi connectivity index (χ1n) is 9.28. The van der Waals surface area contributed by atoms with Gasteiger partial charge in [-0.15, -0.1) is 0 Å². The van der Waals surface area contributed by atoms with E-state index in [1.165, 1.54) is 6.92 Å². The Labute approximate surface area is 176 Å². The maximum Gasteiger partial charge on any atom is 0.226 e. The molecule has 0 saturated carbocycles. The lowest BCUT2D eigenvalue weighted by molar-refractivity contribution is -0.120. The Balaban J connectivity index is 2.02. The van der Waals surface area contributed by atoms with Crippen molar-refractivity contribution in [2.75, 3.05) is 31.0 Å². The van der Waals surface area contributed by atoms with Gasteiger partial charge in [-0.3, -0.25) is 9.59 Å². The third kappa shape index (κ3) is 8.12. The second-order valence-electron chi connectivity index (χ2n) is 6.78. The molecule has 0 saturated heterocycles. The number of sulfone groups is 1. The Hall–Kier alpha value is -3.07. The fourth-order valence-corrected chi connectivity index (χ4v) is 3.09. The molecule has 0 heterocycles. The van der Waals surface area contributed by atoms with Crippen LogP contribution < -0.4 is 20.1 Å². The van der Waals surface area contributed by atoms with Crippen molar-refractivity contribution in [2.24, 2.45) is 0 Å². The molecule has 0 aliphatic heterocycles. The van der Waals surface area contributed by atoms with Gasteiger partial charge in [0.15, 0.2) is 9.84 Å². The molecule has 2 aromatic rings. The summed E-state index contributed by atoms with van der Waals surface area (Å²) < 4.78 is 32.9. The second-order valence-corrected chi connectivity index (χ2v) is 9.04. The first-order chi connectivity index (χ1) is 14.2. The maximum absolute atomic E-state index is 12.6. The molecule has 1 unspecified atom stereocenters. The van der Waals surface area contributed by atoms with E-state index >= 15 is 0 Å². The minimum absolute atomic E-state index is 0.0261. The van der Waals surface area contributed by atoms with Gasteiger partial charge in [-0.05, 0) is 29.8 Å². The zero-order valence-electron chi connectivity index (χ0n) is 17.2. The molecule has 9 heteroatoms. The number of rotatable bonds is 10. The average Bonchev–Trinajstić information content (AvgIpc) is 2.66. The van der Waals surface area contributed by atoms with Crippen LogP contribution in [0.2, 0.25) is 0 Å². The maximum atomic E-state index is 12.6. The Morgan fingerprint density at radius 3 is 2.37 bits per heavy atom. The van der Waals surface area contributed by atoms with Crippen molar-refractivity contribution >= 4 is 27.3 Å². The molecule has 2 rings (SSSR count). The van der Waals surface area contributed by atoms with Crippen LogP contribution in [0.5, 0.6) is 11.5 Å². The van der Waals surface area contributed by atoms with E-state index in [4.69, 9.17) is 9.47 Å². The van der Waals surface area contributed by atoms with Crippen LogP contribution in [-0.4, -0.2) is 46.0 Å². The highest BCUT2D eigenvalue weighted by Gasteiger charge is 2.17. The van der Waals surface area contributed by atoms with Crippen LogP contribution in [0.25, 0.3) is 0 Å². The number of methoxy groups -OCH3 is 1. The Morgan fingerprint density at radius 1 is 1.07 bits per heavy atom. The van der Waals surface area contributed by atoms with E-state index in [-0.39, 0.29) is 30.6 Å². The van der Waals surface area contributed by atoms with Gasteiger partial charge in [-0.1, -0.05) is 18.2 Å². The molecule has 2 aromatic carbocycles. The van der Waals surface area contributed by atoms with Crippen molar-refractivity contribution in [3.8, 4) is 11.5 Å². The molecule has 0 fully saturated rings. The lowest BCUT2D eigenvalue weighted by atomic mass is 10.0. The van der Waals surface area contributed by atoms with Crippen LogP contribution in [0, 0.1) is 0 Å². The van der Waals surface area contributed by atoms with Crippen molar-refractivity contribution in [3.05, 3.63) is 54.1 Å². The fraction of sp³-hybridized carbons (Fsp3) is 0.333. The predicted molar refractivity (Wildman–Crippen MR) is 114 cm³/mol. The number of carbonyl (C=O) groups excluding carboxylic acids is 2. The molecule has 0 aliphatic rings. The van der Waals surface area contributed by atoms with Gasteiger partial charge >= 0.3 is 0 Å². The second kappa shape index (κ2) is 10.6. The molecular formula is C21H26N2O6S. The highest BCUT2D eigenvalue weighted by molar-refractivity contribution is 7.90. The summed E-state index contributed by atoms with van der Waals surface area (Å²) in [4.78, 5) is 24.1. The fourth-order valence-electron chi connectivity index (χ4n) is 2.71. The van der Waals surface area contributed by atoms with E-state index in [9.17, 15) is 18.0 Å². The summed E-state index contributed by atoms with van der Waals surface area (Å²) in [7, 11) is -1.55. The molecule has 2 amide bonds. The number of carbonyl (C=O) groups is 2. The summed E-state index contributed by atoms with van der Waals surface area (Å²) in [5.41, 5.74) is 1.28. The summed E-state index contributed by atoms with van der Waals surface area (Å²) in [6, 6.07) is 13.3. The normalized spacial score (nSPS) is 12.0. The molecule has 0 aliphatic carbocycles. The highest BCUT2D eigenvalue weighted by Crippen LogP contribution is 2.22. The molecule has 2 N–H and O–H groups in total. The van der Waals surface area contributed by atoms with Gasteiger partial charge in [-0.2, -0.15) is 0 Å². The lowest BCUT2D eigenvalue weighted by Crippen LogP contribution is -2.29. The third-order valence-electron chi connectivity index (χ3n) is 4.13. The molecule has 0 spiro atoms. The SMILES string of the molecule is COc1ccc(C(CC(=O)Nc2cccc(OCCS(C)(=O)=O)c2)NC(C)=O)cc1. The van der Waals surface area contributed by atoms with Crippen LogP contribution in [0.15, 0.2) is 48.5 Å². The zero-order valence-corrected chi connectivity index (χ0v) is 18.0. The largest absolute Gasteiger partial charge is 0.497 e. The van der Waals surface area contributed by atoms with E-state index < -0.39 is 15.9 Å². The van der Waals surface area contributed by atoms with Crippen LogP contribution in [-0.2, 0) is 19.4 Å². The Bertz CT molecular complexity index is 973. The van der Waals surface area contributed by atoms with Gasteiger partial charge in [0, 0.05) is 24.9 Å². The Morgan fingerprint density at radius 2 is 1.77 bits per heavy atom. The summed E-state index contributed by atoms with van der Waals surface area (Å²) in [6.07, 6.45) is 1.17. The number of nitrogens with one attached hydrogen (secondary N) is 2. The average molecular weight is 435 g/mol. The number of hydrogen-bond acceptors (Lipinski definition) is 6. The smallest absolute Gasteiger partial charge is 0.226 e. The van der Waals surface area contributed by atoms with Crippen LogP contribution in [0.4, 0.5) is 5.69 Å². The van der Waals surface area contributed by atoms with Crippen molar-refractivity contribution in [1.82, 2.24) is 5.32 Å². The minimum Gasteiger partial charge on any atom is -0.497 e. The minimum atomic E-state index is -3.11. The van der Waals surface area contributed by atoms with Crippen molar-refractivity contribution in [1.29, 1.82) is 0 Å². The van der Waals surface area contributed by atoms with E-state index in [1.807, 2.05) is 0 Å². The van der Waals surface area contributed by atoms with E-state index in [0.717, 1.165) is 11.8 Å². The van der Waals surface area contributed by atoms with E-state index in [2.05, 4.69) is 10.6 Å². The number of benzene rings is 2. The number of hydrogen-bond donors (Lipinski definition) is 2. The first kappa shape index (κ1) is 23.2. The molecule has 0 aromatic heterocycles. The van der Waals surface area contributed by atoms with Gasteiger partial charge in [0.25, 0.3) is 0 Å². The zero-order chi connectivity index (χ0) is 22.1. The summed E-state index contributed by atoms with van der Waals surface area (Å²) in [6.45, 7) is 1.42. The standard InChI is InChI=1S/C21H26N2O6S/c1-15(24)22-20(16-7-9-18(28-2)10-8-16)14-21(25)23-17-5-4-6-19(13-17)29-11-12-30(3,26)27/h4-10,13,20H,11-12,14H2,1-3H3,(H,22,24)(H,23,25). The molecule has 8 nitrogen and oxygen atoms in total. The van der Waals surface area contributed by atoms with Gasteiger partial charge in [0.1, 0.15) is 18.1 Å². The van der Waals surface area contributed by atoms with Crippen molar-refractivity contribution in [3.63, 3.8) is 0 Å². The Kier molecular flexibility index (Phi) is 8.23. The number of amides is 2. The number of ether oxygens (including phenoxy) is 2. The van der Waals surface area contributed by atoms with Gasteiger partial charge in [0.2, 0.25) is 11.8 Å². The molecular weight excluding hydrogens is 408 g/mol. The summed E-state index contributed by atoms with van der Waals surface area (Å²) in [5, 5.41) is 5.55. The monoisotopic (exact) mass is 434 g/mol. The van der Waals surface area contributed by atoms with Gasteiger partial charge in [0.05, 0.1) is 25.3 Å². The third-order valence-corrected chi connectivity index (χ3v) is 5.03. The van der Waals surface area contributed by atoms with Crippen LogP contribution >= 0.6 is 0 Å². The summed E-state index contributed by atoms with van der Waals surface area (Å²) in [5.74, 6) is 0.495.